The summed E-state index contributed by atoms with van der Waals surface area (Å²) in [5.74, 6) is 0. The predicted molar refractivity (Wildman–Crippen MR) is 71.2 cm³/mol. The van der Waals surface area contributed by atoms with Crippen molar-refractivity contribution in [3.63, 3.8) is 0 Å². The van der Waals surface area contributed by atoms with Crippen molar-refractivity contribution in [2.24, 2.45) is 5.41 Å². The first-order valence-electron chi connectivity index (χ1n) is 5.84. The molecule has 0 radical (unpaired) electrons. The SMILES string of the molecule is CC1(CNCc2ccc(Cl)s2)CCCNC1. The van der Waals surface area contributed by atoms with Crippen LogP contribution >= 0.6 is 22.9 Å². The van der Waals surface area contributed by atoms with E-state index in [1.165, 1.54) is 24.3 Å². The zero-order chi connectivity index (χ0) is 11.4. The molecule has 2 heterocycles. The summed E-state index contributed by atoms with van der Waals surface area (Å²) in [6.07, 6.45) is 2.61. The molecule has 0 amide bonds. The van der Waals surface area contributed by atoms with Crippen LogP contribution in [0, 0.1) is 5.41 Å². The molecule has 1 saturated heterocycles. The van der Waals surface area contributed by atoms with Gasteiger partial charge in [-0.1, -0.05) is 18.5 Å². The maximum atomic E-state index is 5.90. The average Bonchev–Trinajstić information content (AvgIpc) is 2.65. The summed E-state index contributed by atoms with van der Waals surface area (Å²) < 4.78 is 0.877. The van der Waals surface area contributed by atoms with Crippen LogP contribution in [0.4, 0.5) is 0 Å². The molecule has 1 aliphatic heterocycles. The summed E-state index contributed by atoms with van der Waals surface area (Å²) in [6.45, 7) is 6.68. The molecule has 0 bridgehead atoms. The zero-order valence-corrected chi connectivity index (χ0v) is 11.3. The van der Waals surface area contributed by atoms with Gasteiger partial charge in [0.1, 0.15) is 0 Å². The van der Waals surface area contributed by atoms with Crippen molar-refractivity contribution in [3.8, 4) is 0 Å². The van der Waals surface area contributed by atoms with Crippen LogP contribution in [0.25, 0.3) is 0 Å². The zero-order valence-electron chi connectivity index (χ0n) is 9.68. The van der Waals surface area contributed by atoms with Crippen LogP contribution in [0.1, 0.15) is 24.6 Å². The summed E-state index contributed by atoms with van der Waals surface area (Å²) in [6, 6.07) is 4.06. The Morgan fingerprint density at radius 2 is 2.44 bits per heavy atom. The highest BCUT2D eigenvalue weighted by molar-refractivity contribution is 7.16. The van der Waals surface area contributed by atoms with E-state index in [1.54, 1.807) is 11.3 Å². The van der Waals surface area contributed by atoms with Crippen molar-refractivity contribution in [1.82, 2.24) is 10.6 Å². The number of hydrogen-bond acceptors (Lipinski definition) is 3. The van der Waals surface area contributed by atoms with Gasteiger partial charge in [0.05, 0.1) is 4.34 Å². The normalized spacial score (nSPS) is 25.9. The monoisotopic (exact) mass is 258 g/mol. The molecule has 0 aromatic carbocycles. The molecule has 2 rings (SSSR count). The Kier molecular flexibility index (Phi) is 4.25. The lowest BCUT2D eigenvalue weighted by Gasteiger charge is -2.34. The van der Waals surface area contributed by atoms with Gasteiger partial charge in [-0.15, -0.1) is 11.3 Å². The maximum absolute atomic E-state index is 5.90. The third-order valence-corrected chi connectivity index (χ3v) is 4.40. The van der Waals surface area contributed by atoms with Gasteiger partial charge in [-0.05, 0) is 36.9 Å². The van der Waals surface area contributed by atoms with E-state index >= 15 is 0 Å². The molecule has 1 aromatic heterocycles. The minimum Gasteiger partial charge on any atom is -0.316 e. The molecule has 90 valence electrons. The summed E-state index contributed by atoms with van der Waals surface area (Å²) in [5.41, 5.74) is 0.416. The van der Waals surface area contributed by atoms with Crippen LogP contribution in [0.5, 0.6) is 0 Å². The number of thiophene rings is 1. The first kappa shape index (κ1) is 12.4. The second kappa shape index (κ2) is 5.50. The Balaban J connectivity index is 1.74. The predicted octanol–water partition coefficient (Wildman–Crippen LogP) is 2.88. The molecule has 1 atom stereocenters. The fourth-order valence-corrected chi connectivity index (χ4v) is 3.26. The van der Waals surface area contributed by atoms with Gasteiger partial charge in [-0.2, -0.15) is 0 Å². The first-order valence-corrected chi connectivity index (χ1v) is 7.03. The minimum absolute atomic E-state index is 0.416. The van der Waals surface area contributed by atoms with Crippen LogP contribution in [0.3, 0.4) is 0 Å². The van der Waals surface area contributed by atoms with Gasteiger partial charge in [0.15, 0.2) is 0 Å². The van der Waals surface area contributed by atoms with Crippen molar-refractivity contribution >= 4 is 22.9 Å². The van der Waals surface area contributed by atoms with Crippen LogP contribution in [0.2, 0.25) is 4.34 Å². The third kappa shape index (κ3) is 3.45. The van der Waals surface area contributed by atoms with E-state index in [2.05, 4.69) is 23.6 Å². The fraction of sp³-hybridized carbons (Fsp3) is 0.667. The molecule has 1 aliphatic rings. The van der Waals surface area contributed by atoms with E-state index in [0.29, 0.717) is 5.41 Å². The highest BCUT2D eigenvalue weighted by Crippen LogP contribution is 2.25. The Morgan fingerprint density at radius 1 is 1.56 bits per heavy atom. The molecule has 16 heavy (non-hydrogen) atoms. The van der Waals surface area contributed by atoms with E-state index in [1.807, 2.05) is 6.07 Å². The Morgan fingerprint density at radius 3 is 3.06 bits per heavy atom. The van der Waals surface area contributed by atoms with E-state index < -0.39 is 0 Å². The van der Waals surface area contributed by atoms with Crippen LogP contribution in [0.15, 0.2) is 12.1 Å². The fourth-order valence-electron chi connectivity index (χ4n) is 2.20. The van der Waals surface area contributed by atoms with Gasteiger partial charge in [0.25, 0.3) is 0 Å². The molecule has 4 heteroatoms. The van der Waals surface area contributed by atoms with Gasteiger partial charge < -0.3 is 10.6 Å². The smallest absolute Gasteiger partial charge is 0.0931 e. The summed E-state index contributed by atoms with van der Waals surface area (Å²) in [7, 11) is 0. The van der Waals surface area contributed by atoms with Crippen LogP contribution < -0.4 is 10.6 Å². The lowest BCUT2D eigenvalue weighted by atomic mass is 9.83. The average molecular weight is 259 g/mol. The van der Waals surface area contributed by atoms with Crippen molar-refractivity contribution in [2.45, 2.75) is 26.3 Å². The number of hydrogen-bond donors (Lipinski definition) is 2. The van der Waals surface area contributed by atoms with Crippen LogP contribution in [-0.2, 0) is 6.54 Å². The topological polar surface area (TPSA) is 24.1 Å². The molecule has 0 saturated carbocycles. The van der Waals surface area contributed by atoms with Crippen molar-refractivity contribution in [3.05, 3.63) is 21.3 Å². The number of piperidine rings is 1. The molecule has 1 unspecified atom stereocenters. The number of halogens is 1. The Hall–Kier alpha value is -0.0900. The maximum Gasteiger partial charge on any atom is 0.0931 e. The first-order chi connectivity index (χ1) is 7.68. The van der Waals surface area contributed by atoms with Gasteiger partial charge in [-0.3, -0.25) is 0 Å². The molecular weight excluding hydrogens is 240 g/mol. The summed E-state index contributed by atoms with van der Waals surface area (Å²) in [4.78, 5) is 1.32. The van der Waals surface area contributed by atoms with Gasteiger partial charge in [0.2, 0.25) is 0 Å². The van der Waals surface area contributed by atoms with Gasteiger partial charge >= 0.3 is 0 Å². The van der Waals surface area contributed by atoms with Crippen molar-refractivity contribution in [2.75, 3.05) is 19.6 Å². The van der Waals surface area contributed by atoms with E-state index in [9.17, 15) is 0 Å². The Labute approximate surface area is 106 Å². The number of nitrogens with one attached hydrogen (secondary N) is 2. The highest BCUT2D eigenvalue weighted by atomic mass is 35.5. The molecule has 0 aliphatic carbocycles. The third-order valence-electron chi connectivity index (χ3n) is 3.17. The molecular formula is C12H19ClN2S. The van der Waals surface area contributed by atoms with Gasteiger partial charge in [-0.25, -0.2) is 0 Å². The molecule has 2 N–H and O–H groups in total. The summed E-state index contributed by atoms with van der Waals surface area (Å²) >= 11 is 7.56. The van der Waals surface area contributed by atoms with Gasteiger partial charge in [0, 0.05) is 24.5 Å². The quantitative estimate of drug-likeness (QED) is 0.868. The second-order valence-electron chi connectivity index (χ2n) is 4.90. The van der Waals surface area contributed by atoms with E-state index in [-0.39, 0.29) is 0 Å². The molecule has 2 nitrogen and oxygen atoms in total. The lowest BCUT2D eigenvalue weighted by molar-refractivity contribution is 0.226. The molecule has 1 fully saturated rings. The van der Waals surface area contributed by atoms with Crippen LogP contribution in [-0.4, -0.2) is 19.6 Å². The summed E-state index contributed by atoms with van der Waals surface area (Å²) in [5, 5.41) is 7.01. The molecule has 1 aromatic rings. The highest BCUT2D eigenvalue weighted by Gasteiger charge is 2.25. The van der Waals surface area contributed by atoms with E-state index in [4.69, 9.17) is 11.6 Å². The number of rotatable bonds is 4. The van der Waals surface area contributed by atoms with E-state index in [0.717, 1.165) is 24.0 Å². The minimum atomic E-state index is 0.416. The lowest BCUT2D eigenvalue weighted by Crippen LogP contribution is -2.44. The molecule has 0 spiro atoms. The standard InChI is InChI=1S/C12H19ClN2S/c1-12(5-2-6-14-8-12)9-15-7-10-3-4-11(13)16-10/h3-4,14-15H,2,5-9H2,1H3. The van der Waals surface area contributed by atoms with Crippen molar-refractivity contribution < 1.29 is 0 Å². The van der Waals surface area contributed by atoms with Crippen molar-refractivity contribution in [1.29, 1.82) is 0 Å². The second-order valence-corrected chi connectivity index (χ2v) is 6.70. The largest absolute Gasteiger partial charge is 0.316 e. The Bertz CT molecular complexity index is 332.